The predicted molar refractivity (Wildman–Crippen MR) is 44.5 cm³/mol. The third-order valence-electron chi connectivity index (χ3n) is 2.40. The second kappa shape index (κ2) is 4.16. The third-order valence-corrected chi connectivity index (χ3v) is 2.40. The van der Waals surface area contributed by atoms with E-state index < -0.39 is 18.1 Å². The zero-order chi connectivity index (χ0) is 10.8. The van der Waals surface area contributed by atoms with E-state index in [0.29, 0.717) is 12.8 Å². The number of halogens is 3. The summed E-state index contributed by atoms with van der Waals surface area (Å²) in [4.78, 5) is 11.8. The monoisotopic (exact) mass is 210 g/mol. The molecule has 1 aliphatic rings. The molecule has 6 heteroatoms. The lowest BCUT2D eigenvalue weighted by Crippen LogP contribution is -2.52. The average molecular weight is 210 g/mol. The van der Waals surface area contributed by atoms with Gasteiger partial charge in [-0.15, -0.1) is 0 Å². The number of carbonyl (C=O) groups excluding carboxylic acids is 1. The fraction of sp³-hybridized carbons (Fsp3) is 0.875. The first kappa shape index (κ1) is 11.3. The van der Waals surface area contributed by atoms with Crippen molar-refractivity contribution < 1.29 is 18.0 Å². The van der Waals surface area contributed by atoms with Crippen molar-refractivity contribution in [3.8, 4) is 0 Å². The molecule has 1 rings (SSSR count). The van der Waals surface area contributed by atoms with E-state index in [2.05, 4.69) is 0 Å². The molecule has 3 nitrogen and oxygen atoms in total. The van der Waals surface area contributed by atoms with Gasteiger partial charge in [0.05, 0.1) is 0 Å². The van der Waals surface area contributed by atoms with E-state index in [1.54, 1.807) is 0 Å². The normalized spacial score (nSPS) is 23.7. The van der Waals surface area contributed by atoms with Crippen LogP contribution in [-0.2, 0) is 4.79 Å². The van der Waals surface area contributed by atoms with Gasteiger partial charge in [0.1, 0.15) is 0 Å². The molecule has 1 fully saturated rings. The van der Waals surface area contributed by atoms with Gasteiger partial charge in [0, 0.05) is 19.1 Å². The number of rotatable bonds is 1. The van der Waals surface area contributed by atoms with Crippen LogP contribution < -0.4 is 5.73 Å². The Bertz CT molecular complexity index is 217. The topological polar surface area (TPSA) is 46.3 Å². The minimum absolute atomic E-state index is 0.0990. The molecule has 1 amide bonds. The summed E-state index contributed by atoms with van der Waals surface area (Å²) in [5, 5.41) is 0. The smallest absolute Gasteiger partial charge is 0.331 e. The minimum Gasteiger partial charge on any atom is -0.331 e. The minimum atomic E-state index is -4.77. The molecule has 1 saturated heterocycles. The van der Waals surface area contributed by atoms with Crippen molar-refractivity contribution in [2.45, 2.75) is 31.5 Å². The highest BCUT2D eigenvalue weighted by molar-refractivity contribution is 5.82. The molecule has 0 aliphatic carbocycles. The Morgan fingerprint density at radius 1 is 1.43 bits per heavy atom. The van der Waals surface area contributed by atoms with Crippen LogP contribution in [0.4, 0.5) is 13.2 Å². The quantitative estimate of drug-likeness (QED) is 0.698. The first-order valence-electron chi connectivity index (χ1n) is 4.54. The first-order chi connectivity index (χ1) is 6.46. The summed E-state index contributed by atoms with van der Waals surface area (Å²) in [7, 11) is 0. The summed E-state index contributed by atoms with van der Waals surface area (Å²) in [5.74, 6) is -1.76. The van der Waals surface area contributed by atoms with Crippen molar-refractivity contribution in [2.75, 3.05) is 13.1 Å². The van der Waals surface area contributed by atoms with Gasteiger partial charge in [0.25, 0.3) is 0 Å². The Balaban J connectivity index is 2.69. The van der Waals surface area contributed by atoms with E-state index in [9.17, 15) is 18.0 Å². The molecule has 0 aromatic rings. The molecule has 0 radical (unpaired) electrons. The lowest BCUT2D eigenvalue weighted by Gasteiger charge is -2.35. The molecule has 82 valence electrons. The Morgan fingerprint density at radius 3 is 2.57 bits per heavy atom. The number of likely N-dealkylation sites (tertiary alicyclic amines) is 1. The zero-order valence-electron chi connectivity index (χ0n) is 7.68. The van der Waals surface area contributed by atoms with Crippen LogP contribution in [0.25, 0.3) is 0 Å². The van der Waals surface area contributed by atoms with Crippen LogP contribution in [0.2, 0.25) is 0 Å². The van der Waals surface area contributed by atoms with Crippen LogP contribution in [0, 0.1) is 0 Å². The summed E-state index contributed by atoms with van der Waals surface area (Å²) >= 11 is 0. The largest absolute Gasteiger partial charge is 0.471 e. The van der Waals surface area contributed by atoms with Crippen LogP contribution in [0.5, 0.6) is 0 Å². The van der Waals surface area contributed by atoms with E-state index in [4.69, 9.17) is 5.73 Å². The standard InChI is InChI=1S/C8H13F3N2O/c9-8(10,11)7(14)13-4-2-1-3-6(13)5-12/h6H,1-5,12H2/t6-/m0/s1. The van der Waals surface area contributed by atoms with Gasteiger partial charge in [-0.2, -0.15) is 13.2 Å². The average Bonchev–Trinajstić information content (AvgIpc) is 2.15. The van der Waals surface area contributed by atoms with Crippen LogP contribution in [0.3, 0.4) is 0 Å². The molecular weight excluding hydrogens is 197 g/mol. The maximum atomic E-state index is 12.1. The van der Waals surface area contributed by atoms with Gasteiger partial charge in [-0.1, -0.05) is 0 Å². The molecule has 1 atom stereocenters. The molecular formula is C8H13F3N2O. The highest BCUT2D eigenvalue weighted by atomic mass is 19.4. The molecule has 2 N–H and O–H groups in total. The summed E-state index contributed by atoms with van der Waals surface area (Å²) in [6, 6.07) is -0.446. The molecule has 0 bridgehead atoms. The highest BCUT2D eigenvalue weighted by Gasteiger charge is 2.44. The van der Waals surface area contributed by atoms with Crippen LogP contribution in [-0.4, -0.2) is 36.1 Å². The molecule has 1 heterocycles. The number of nitrogens with two attached hydrogens (primary N) is 1. The summed E-state index contributed by atoms with van der Waals surface area (Å²) in [6.45, 7) is 0.266. The van der Waals surface area contributed by atoms with Crippen molar-refractivity contribution in [3.63, 3.8) is 0 Å². The van der Waals surface area contributed by atoms with Crippen LogP contribution in [0.15, 0.2) is 0 Å². The summed E-state index contributed by atoms with van der Waals surface area (Å²) in [6.07, 6.45) is -2.75. The van der Waals surface area contributed by atoms with Crippen molar-refractivity contribution >= 4 is 5.91 Å². The number of piperidine rings is 1. The SMILES string of the molecule is NC[C@@H]1CCCCN1C(=O)C(F)(F)F. The lowest BCUT2D eigenvalue weighted by molar-refractivity contribution is -0.188. The molecule has 0 aromatic carbocycles. The molecule has 1 aliphatic heterocycles. The van der Waals surface area contributed by atoms with Gasteiger partial charge in [0.15, 0.2) is 0 Å². The van der Waals surface area contributed by atoms with Gasteiger partial charge >= 0.3 is 12.1 Å². The fourth-order valence-electron chi connectivity index (χ4n) is 1.68. The number of alkyl halides is 3. The first-order valence-corrected chi connectivity index (χ1v) is 4.54. The second-order valence-corrected chi connectivity index (χ2v) is 3.38. The molecule has 0 aromatic heterocycles. The molecule has 0 saturated carbocycles. The predicted octanol–water partition coefficient (Wildman–Crippen LogP) is 0.888. The number of amides is 1. The molecule has 0 spiro atoms. The number of hydrogen-bond donors (Lipinski definition) is 1. The van der Waals surface area contributed by atoms with Crippen molar-refractivity contribution in [1.29, 1.82) is 0 Å². The van der Waals surface area contributed by atoms with Gasteiger partial charge in [-0.25, -0.2) is 0 Å². The van der Waals surface area contributed by atoms with E-state index >= 15 is 0 Å². The van der Waals surface area contributed by atoms with Crippen molar-refractivity contribution in [1.82, 2.24) is 4.90 Å². The van der Waals surface area contributed by atoms with E-state index in [-0.39, 0.29) is 13.1 Å². The third kappa shape index (κ3) is 2.37. The van der Waals surface area contributed by atoms with Gasteiger partial charge < -0.3 is 10.6 Å². The van der Waals surface area contributed by atoms with E-state index in [1.807, 2.05) is 0 Å². The van der Waals surface area contributed by atoms with E-state index in [1.165, 1.54) is 0 Å². The summed E-state index contributed by atoms with van der Waals surface area (Å²) in [5.41, 5.74) is 5.31. The van der Waals surface area contributed by atoms with Crippen molar-refractivity contribution in [2.24, 2.45) is 5.73 Å². The second-order valence-electron chi connectivity index (χ2n) is 3.38. The number of carbonyl (C=O) groups is 1. The Hall–Kier alpha value is -0.780. The number of hydrogen-bond acceptors (Lipinski definition) is 2. The zero-order valence-corrected chi connectivity index (χ0v) is 7.68. The van der Waals surface area contributed by atoms with Crippen molar-refractivity contribution in [3.05, 3.63) is 0 Å². The maximum absolute atomic E-state index is 12.1. The number of nitrogens with zero attached hydrogens (tertiary/aromatic N) is 1. The lowest BCUT2D eigenvalue weighted by atomic mass is 10.0. The van der Waals surface area contributed by atoms with E-state index in [0.717, 1.165) is 11.3 Å². The maximum Gasteiger partial charge on any atom is 0.471 e. The molecule has 0 unspecified atom stereocenters. The highest BCUT2D eigenvalue weighted by Crippen LogP contribution is 2.24. The fourth-order valence-corrected chi connectivity index (χ4v) is 1.68. The Morgan fingerprint density at radius 2 is 2.07 bits per heavy atom. The van der Waals surface area contributed by atoms with Crippen LogP contribution in [0.1, 0.15) is 19.3 Å². The summed E-state index contributed by atoms with van der Waals surface area (Å²) < 4.78 is 36.3. The molecule has 14 heavy (non-hydrogen) atoms. The van der Waals surface area contributed by atoms with Gasteiger partial charge in [0.2, 0.25) is 0 Å². The van der Waals surface area contributed by atoms with Gasteiger partial charge in [-0.05, 0) is 19.3 Å². The van der Waals surface area contributed by atoms with Gasteiger partial charge in [-0.3, -0.25) is 4.79 Å². The Labute approximate surface area is 80.0 Å². The van der Waals surface area contributed by atoms with Crippen LogP contribution >= 0.6 is 0 Å². The Kier molecular flexibility index (Phi) is 3.36.